The first-order chi connectivity index (χ1) is 5.33. The van der Waals surface area contributed by atoms with E-state index in [9.17, 15) is 0 Å². The quantitative estimate of drug-likeness (QED) is 0.446. The lowest BCUT2D eigenvalue weighted by atomic mass is 9.96. The average molecular weight is 156 g/mol. The van der Waals surface area contributed by atoms with Crippen molar-refractivity contribution in [2.75, 3.05) is 7.11 Å². The molecule has 3 heteroatoms. The van der Waals surface area contributed by atoms with Gasteiger partial charge in [0.1, 0.15) is 0 Å². The van der Waals surface area contributed by atoms with Crippen molar-refractivity contribution < 1.29 is 4.74 Å². The second kappa shape index (κ2) is 4.21. The first-order valence-electron chi connectivity index (χ1n) is 4.22. The van der Waals surface area contributed by atoms with Crippen molar-refractivity contribution in [1.29, 1.82) is 5.41 Å². The molecule has 0 aliphatic heterocycles. The Kier molecular flexibility index (Phi) is 3.20. The van der Waals surface area contributed by atoms with E-state index in [0.717, 1.165) is 0 Å². The van der Waals surface area contributed by atoms with Gasteiger partial charge in [0, 0.05) is 6.04 Å². The number of hydrogen-bond donors (Lipinski definition) is 2. The van der Waals surface area contributed by atoms with E-state index in [1.54, 1.807) is 0 Å². The van der Waals surface area contributed by atoms with Gasteiger partial charge in [-0.15, -0.1) is 0 Å². The summed E-state index contributed by atoms with van der Waals surface area (Å²) in [5, 5.41) is 10.3. The molecule has 11 heavy (non-hydrogen) atoms. The second-order valence-corrected chi connectivity index (χ2v) is 3.01. The fourth-order valence-electron chi connectivity index (χ4n) is 1.49. The normalized spacial score (nSPS) is 19.4. The van der Waals surface area contributed by atoms with Gasteiger partial charge in [-0.3, -0.25) is 5.41 Å². The van der Waals surface area contributed by atoms with Gasteiger partial charge in [-0.2, -0.15) is 0 Å². The Morgan fingerprint density at radius 2 is 2.00 bits per heavy atom. The van der Waals surface area contributed by atoms with Crippen LogP contribution in [-0.4, -0.2) is 19.2 Å². The maximum absolute atomic E-state index is 7.24. The first-order valence-corrected chi connectivity index (χ1v) is 4.22. The van der Waals surface area contributed by atoms with Crippen LogP contribution in [0, 0.1) is 5.41 Å². The Bertz CT molecular complexity index is 130. The minimum Gasteiger partial charge on any atom is -0.469 e. The molecule has 0 saturated heterocycles. The molecule has 0 amide bonds. The lowest BCUT2D eigenvalue weighted by molar-refractivity contribution is 0.338. The van der Waals surface area contributed by atoms with Crippen molar-refractivity contribution in [1.82, 2.24) is 5.32 Å². The summed E-state index contributed by atoms with van der Waals surface area (Å²) in [5.74, 6) is 0. The van der Waals surface area contributed by atoms with Crippen molar-refractivity contribution >= 4 is 6.02 Å². The van der Waals surface area contributed by atoms with Crippen molar-refractivity contribution in [2.45, 2.75) is 38.1 Å². The van der Waals surface area contributed by atoms with E-state index in [2.05, 4.69) is 5.32 Å². The molecule has 1 aliphatic rings. The van der Waals surface area contributed by atoms with Crippen molar-refractivity contribution in [3.63, 3.8) is 0 Å². The van der Waals surface area contributed by atoms with Crippen LogP contribution < -0.4 is 5.32 Å². The predicted octanol–water partition coefficient (Wildman–Crippen LogP) is 1.49. The fraction of sp³-hybridized carbons (Fsp3) is 0.875. The Labute approximate surface area is 67.6 Å². The highest BCUT2D eigenvalue weighted by Gasteiger charge is 2.13. The second-order valence-electron chi connectivity index (χ2n) is 3.01. The van der Waals surface area contributed by atoms with Crippen LogP contribution in [0.4, 0.5) is 0 Å². The summed E-state index contributed by atoms with van der Waals surface area (Å²) in [6, 6.07) is 0.688. The van der Waals surface area contributed by atoms with Crippen LogP contribution in [0.2, 0.25) is 0 Å². The molecule has 3 nitrogen and oxygen atoms in total. The zero-order valence-electron chi connectivity index (χ0n) is 7.02. The van der Waals surface area contributed by atoms with Crippen LogP contribution in [0.15, 0.2) is 0 Å². The molecule has 0 aromatic heterocycles. The van der Waals surface area contributed by atoms with Gasteiger partial charge >= 0.3 is 0 Å². The summed E-state index contributed by atoms with van der Waals surface area (Å²) >= 11 is 0. The molecule has 0 spiro atoms. The highest BCUT2D eigenvalue weighted by molar-refractivity contribution is 5.69. The third-order valence-electron chi connectivity index (χ3n) is 2.14. The van der Waals surface area contributed by atoms with Gasteiger partial charge in [-0.1, -0.05) is 19.3 Å². The molecule has 0 bridgehead atoms. The minimum atomic E-state index is 0.205. The molecule has 1 fully saturated rings. The minimum absolute atomic E-state index is 0.205. The third kappa shape index (κ3) is 2.78. The van der Waals surface area contributed by atoms with Crippen LogP contribution >= 0.6 is 0 Å². The number of amidine groups is 1. The molecule has 0 radical (unpaired) electrons. The van der Waals surface area contributed by atoms with E-state index in [1.807, 2.05) is 0 Å². The number of ether oxygens (including phenoxy) is 1. The highest BCUT2D eigenvalue weighted by atomic mass is 16.5. The predicted molar refractivity (Wildman–Crippen MR) is 44.7 cm³/mol. The molecule has 0 heterocycles. The van der Waals surface area contributed by atoms with Gasteiger partial charge in [0.2, 0.25) is 0 Å². The molecular formula is C8H16N2O. The SMILES string of the molecule is COC(=N)NC1CCCCC1. The Morgan fingerprint density at radius 1 is 1.36 bits per heavy atom. The van der Waals surface area contributed by atoms with E-state index in [4.69, 9.17) is 10.1 Å². The molecule has 64 valence electrons. The third-order valence-corrected chi connectivity index (χ3v) is 2.14. The van der Waals surface area contributed by atoms with Gasteiger partial charge in [0.25, 0.3) is 6.02 Å². The van der Waals surface area contributed by atoms with E-state index in [-0.39, 0.29) is 6.02 Å². The van der Waals surface area contributed by atoms with Crippen LogP contribution in [-0.2, 0) is 4.74 Å². The highest BCUT2D eigenvalue weighted by Crippen LogP contribution is 2.17. The summed E-state index contributed by atoms with van der Waals surface area (Å²) in [5.41, 5.74) is 0. The lowest BCUT2D eigenvalue weighted by Gasteiger charge is -2.22. The smallest absolute Gasteiger partial charge is 0.281 e. The van der Waals surface area contributed by atoms with Crippen LogP contribution in [0.3, 0.4) is 0 Å². The Balaban J connectivity index is 2.19. The largest absolute Gasteiger partial charge is 0.469 e. The van der Waals surface area contributed by atoms with E-state index >= 15 is 0 Å². The lowest BCUT2D eigenvalue weighted by Crippen LogP contribution is -2.36. The molecule has 2 N–H and O–H groups in total. The molecule has 1 saturated carbocycles. The summed E-state index contributed by atoms with van der Waals surface area (Å²) in [7, 11) is 1.53. The van der Waals surface area contributed by atoms with Crippen LogP contribution in [0.5, 0.6) is 0 Å². The number of hydrogen-bond acceptors (Lipinski definition) is 2. The van der Waals surface area contributed by atoms with E-state index < -0.39 is 0 Å². The summed E-state index contributed by atoms with van der Waals surface area (Å²) in [4.78, 5) is 0. The van der Waals surface area contributed by atoms with Gasteiger partial charge in [-0.25, -0.2) is 0 Å². The maximum atomic E-state index is 7.24. The summed E-state index contributed by atoms with van der Waals surface area (Å²) in [6.07, 6.45) is 6.29. The maximum Gasteiger partial charge on any atom is 0.281 e. The molecule has 0 aromatic rings. The Morgan fingerprint density at radius 3 is 2.55 bits per heavy atom. The topological polar surface area (TPSA) is 45.1 Å². The zero-order chi connectivity index (χ0) is 8.10. The molecule has 0 atom stereocenters. The van der Waals surface area contributed by atoms with Crippen molar-refractivity contribution in [3.8, 4) is 0 Å². The van der Waals surface area contributed by atoms with Crippen molar-refractivity contribution in [2.24, 2.45) is 0 Å². The average Bonchev–Trinajstić information content (AvgIpc) is 2.06. The fourth-order valence-corrected chi connectivity index (χ4v) is 1.49. The number of nitrogens with one attached hydrogen (secondary N) is 2. The van der Waals surface area contributed by atoms with Crippen LogP contribution in [0.1, 0.15) is 32.1 Å². The monoisotopic (exact) mass is 156 g/mol. The van der Waals surface area contributed by atoms with Gasteiger partial charge < -0.3 is 10.1 Å². The van der Waals surface area contributed by atoms with Gasteiger partial charge in [-0.05, 0) is 12.8 Å². The molecule has 0 aromatic carbocycles. The zero-order valence-corrected chi connectivity index (χ0v) is 7.02. The standard InChI is InChI=1S/C8H16N2O/c1-11-8(9)10-7-5-3-2-4-6-7/h7H,2-6H2,1H3,(H2,9,10). The number of methoxy groups -OCH3 is 1. The molecule has 1 aliphatic carbocycles. The van der Waals surface area contributed by atoms with Gasteiger partial charge in [0.15, 0.2) is 0 Å². The molecule has 0 unspecified atom stereocenters. The summed E-state index contributed by atoms with van der Waals surface area (Å²) < 4.78 is 4.73. The van der Waals surface area contributed by atoms with E-state index in [0.29, 0.717) is 6.04 Å². The van der Waals surface area contributed by atoms with Crippen molar-refractivity contribution in [3.05, 3.63) is 0 Å². The molecular weight excluding hydrogens is 140 g/mol. The van der Waals surface area contributed by atoms with E-state index in [1.165, 1.54) is 39.2 Å². The van der Waals surface area contributed by atoms with Gasteiger partial charge in [0.05, 0.1) is 7.11 Å². The van der Waals surface area contributed by atoms with Crippen LogP contribution in [0.25, 0.3) is 0 Å². The Hall–Kier alpha value is -0.730. The summed E-state index contributed by atoms with van der Waals surface area (Å²) in [6.45, 7) is 0. The number of rotatable bonds is 1. The molecule has 1 rings (SSSR count). The first kappa shape index (κ1) is 8.37.